The van der Waals surface area contributed by atoms with Gasteiger partial charge in [0.25, 0.3) is 0 Å². The van der Waals surface area contributed by atoms with Gasteiger partial charge in [-0.1, -0.05) is 5.21 Å². The maximum Gasteiger partial charge on any atom is 0.360 e. The molecule has 0 aliphatic heterocycles. The Bertz CT molecular complexity index is 454. The van der Waals surface area contributed by atoms with Crippen molar-refractivity contribution in [2.45, 2.75) is 46.7 Å². The van der Waals surface area contributed by atoms with Gasteiger partial charge in [-0.3, -0.25) is 4.79 Å². The first-order valence-corrected chi connectivity index (χ1v) is 6.32. The van der Waals surface area contributed by atoms with Crippen molar-refractivity contribution in [2.75, 3.05) is 6.61 Å². The highest BCUT2D eigenvalue weighted by atomic mass is 16.5. The maximum absolute atomic E-state index is 11.5. The van der Waals surface area contributed by atoms with Crippen molar-refractivity contribution >= 4 is 11.9 Å². The predicted octanol–water partition coefficient (Wildman–Crippen LogP) is 0.678. The molecule has 7 nitrogen and oxygen atoms in total. The molecule has 0 aromatic carbocycles. The van der Waals surface area contributed by atoms with Crippen molar-refractivity contribution in [3.63, 3.8) is 0 Å². The van der Waals surface area contributed by atoms with Crippen LogP contribution in [-0.4, -0.2) is 39.5 Å². The van der Waals surface area contributed by atoms with Crippen LogP contribution in [0.15, 0.2) is 0 Å². The number of nitrogens with one attached hydrogen (secondary N) is 1. The number of ether oxygens (including phenoxy) is 1. The van der Waals surface area contributed by atoms with Gasteiger partial charge in [0.15, 0.2) is 5.69 Å². The molecule has 1 amide bonds. The predicted molar refractivity (Wildman–Crippen MR) is 68.6 cm³/mol. The fourth-order valence-electron chi connectivity index (χ4n) is 1.56. The molecule has 0 unspecified atom stereocenters. The Balaban J connectivity index is 2.61. The zero-order chi connectivity index (χ0) is 14.4. The second-order valence-electron chi connectivity index (χ2n) is 4.44. The van der Waals surface area contributed by atoms with Gasteiger partial charge < -0.3 is 10.1 Å². The van der Waals surface area contributed by atoms with Gasteiger partial charge in [-0.25, -0.2) is 9.48 Å². The molecule has 106 valence electrons. The minimum atomic E-state index is -0.488. The van der Waals surface area contributed by atoms with E-state index < -0.39 is 5.97 Å². The number of hydrogen-bond donors (Lipinski definition) is 1. The number of aromatic nitrogens is 3. The van der Waals surface area contributed by atoms with Crippen LogP contribution in [0.3, 0.4) is 0 Å². The van der Waals surface area contributed by atoms with Crippen LogP contribution in [0, 0.1) is 6.92 Å². The molecule has 1 aromatic heterocycles. The SMILES string of the molecule is CCOC(=O)c1nnn(CCC(=O)NC(C)C)c1C. The summed E-state index contributed by atoms with van der Waals surface area (Å²) in [5, 5.41) is 10.4. The van der Waals surface area contributed by atoms with Crippen LogP contribution in [0.2, 0.25) is 0 Å². The molecule has 0 bridgehead atoms. The van der Waals surface area contributed by atoms with Crippen LogP contribution in [-0.2, 0) is 16.1 Å². The van der Waals surface area contributed by atoms with E-state index in [-0.39, 0.29) is 17.6 Å². The van der Waals surface area contributed by atoms with E-state index in [1.165, 1.54) is 4.68 Å². The first-order chi connectivity index (χ1) is 8.95. The van der Waals surface area contributed by atoms with Gasteiger partial charge in [0.2, 0.25) is 5.91 Å². The molecule has 1 aromatic rings. The highest BCUT2D eigenvalue weighted by Crippen LogP contribution is 2.06. The van der Waals surface area contributed by atoms with Gasteiger partial charge >= 0.3 is 5.97 Å². The Morgan fingerprint density at radius 1 is 1.42 bits per heavy atom. The number of carbonyl (C=O) groups excluding carboxylic acids is 2. The van der Waals surface area contributed by atoms with Gasteiger partial charge in [0.05, 0.1) is 18.8 Å². The quantitative estimate of drug-likeness (QED) is 0.767. The summed E-state index contributed by atoms with van der Waals surface area (Å²) >= 11 is 0. The van der Waals surface area contributed by atoms with Crippen molar-refractivity contribution in [1.29, 1.82) is 0 Å². The van der Waals surface area contributed by atoms with Crippen molar-refractivity contribution in [3.8, 4) is 0 Å². The lowest BCUT2D eigenvalue weighted by Gasteiger charge is -2.08. The molecule has 1 rings (SSSR count). The summed E-state index contributed by atoms with van der Waals surface area (Å²) in [6, 6.07) is 0.111. The van der Waals surface area contributed by atoms with E-state index in [0.717, 1.165) is 0 Å². The fourth-order valence-corrected chi connectivity index (χ4v) is 1.56. The highest BCUT2D eigenvalue weighted by molar-refractivity contribution is 5.88. The van der Waals surface area contributed by atoms with Crippen LogP contribution >= 0.6 is 0 Å². The Morgan fingerprint density at radius 2 is 2.11 bits per heavy atom. The van der Waals surface area contributed by atoms with Gasteiger partial charge in [0.1, 0.15) is 0 Å². The summed E-state index contributed by atoms with van der Waals surface area (Å²) in [4.78, 5) is 23.1. The summed E-state index contributed by atoms with van der Waals surface area (Å²) in [7, 11) is 0. The Labute approximate surface area is 112 Å². The topological polar surface area (TPSA) is 86.1 Å². The molecule has 19 heavy (non-hydrogen) atoms. The van der Waals surface area contributed by atoms with E-state index in [1.807, 2.05) is 13.8 Å². The smallest absolute Gasteiger partial charge is 0.360 e. The number of hydrogen-bond acceptors (Lipinski definition) is 5. The zero-order valence-electron chi connectivity index (χ0n) is 11.8. The zero-order valence-corrected chi connectivity index (χ0v) is 11.8. The van der Waals surface area contributed by atoms with Crippen molar-refractivity contribution in [2.24, 2.45) is 0 Å². The molecular weight excluding hydrogens is 248 g/mol. The molecule has 0 atom stereocenters. The lowest BCUT2D eigenvalue weighted by Crippen LogP contribution is -2.30. The third-order valence-corrected chi connectivity index (χ3v) is 2.45. The molecule has 1 heterocycles. The highest BCUT2D eigenvalue weighted by Gasteiger charge is 2.17. The van der Waals surface area contributed by atoms with E-state index in [2.05, 4.69) is 15.6 Å². The van der Waals surface area contributed by atoms with E-state index in [1.54, 1.807) is 13.8 Å². The van der Waals surface area contributed by atoms with E-state index >= 15 is 0 Å². The van der Waals surface area contributed by atoms with Crippen LogP contribution in [0.4, 0.5) is 0 Å². The van der Waals surface area contributed by atoms with Crippen LogP contribution in [0.1, 0.15) is 43.4 Å². The number of carbonyl (C=O) groups is 2. The third-order valence-electron chi connectivity index (χ3n) is 2.45. The van der Waals surface area contributed by atoms with Crippen LogP contribution < -0.4 is 5.32 Å². The molecule has 0 fully saturated rings. The number of rotatable bonds is 6. The van der Waals surface area contributed by atoms with Crippen LogP contribution in [0.25, 0.3) is 0 Å². The number of aryl methyl sites for hydroxylation is 1. The molecule has 0 saturated heterocycles. The van der Waals surface area contributed by atoms with E-state index in [0.29, 0.717) is 25.3 Å². The number of esters is 1. The fraction of sp³-hybridized carbons (Fsp3) is 0.667. The largest absolute Gasteiger partial charge is 0.461 e. The minimum Gasteiger partial charge on any atom is -0.461 e. The van der Waals surface area contributed by atoms with E-state index in [9.17, 15) is 9.59 Å². The molecule has 1 N–H and O–H groups in total. The van der Waals surface area contributed by atoms with Crippen molar-refractivity contribution < 1.29 is 14.3 Å². The van der Waals surface area contributed by atoms with Gasteiger partial charge in [-0.05, 0) is 27.7 Å². The molecular formula is C12H20N4O3. The molecule has 0 spiro atoms. The lowest BCUT2D eigenvalue weighted by molar-refractivity contribution is -0.121. The normalized spacial score (nSPS) is 10.6. The van der Waals surface area contributed by atoms with Gasteiger partial charge in [-0.15, -0.1) is 5.10 Å². The second kappa shape index (κ2) is 6.86. The van der Waals surface area contributed by atoms with Crippen molar-refractivity contribution in [3.05, 3.63) is 11.4 Å². The molecule has 7 heteroatoms. The molecule has 0 saturated carbocycles. The maximum atomic E-state index is 11.5. The van der Waals surface area contributed by atoms with E-state index in [4.69, 9.17) is 4.74 Å². The standard InChI is InChI=1S/C12H20N4O3/c1-5-19-12(18)11-9(4)16(15-14-11)7-6-10(17)13-8(2)3/h8H,5-7H2,1-4H3,(H,13,17). The molecule has 0 aliphatic carbocycles. The first-order valence-electron chi connectivity index (χ1n) is 6.32. The number of amides is 1. The first kappa shape index (κ1) is 15.1. The van der Waals surface area contributed by atoms with Gasteiger partial charge in [0, 0.05) is 12.5 Å². The lowest BCUT2D eigenvalue weighted by atomic mass is 10.3. The Morgan fingerprint density at radius 3 is 2.68 bits per heavy atom. The van der Waals surface area contributed by atoms with Crippen molar-refractivity contribution in [1.82, 2.24) is 20.3 Å². The summed E-state index contributed by atoms with van der Waals surface area (Å²) in [6.45, 7) is 7.94. The summed E-state index contributed by atoms with van der Waals surface area (Å²) in [5.41, 5.74) is 0.807. The summed E-state index contributed by atoms with van der Waals surface area (Å²) in [6.07, 6.45) is 0.296. The van der Waals surface area contributed by atoms with Gasteiger partial charge in [-0.2, -0.15) is 0 Å². The average Bonchev–Trinajstić information content (AvgIpc) is 2.67. The summed E-state index contributed by atoms with van der Waals surface area (Å²) in [5.74, 6) is -0.541. The minimum absolute atomic E-state index is 0.0532. The molecule has 0 radical (unpaired) electrons. The Kier molecular flexibility index (Phi) is 5.47. The summed E-state index contributed by atoms with van der Waals surface area (Å²) < 4.78 is 6.40. The number of nitrogens with zero attached hydrogens (tertiary/aromatic N) is 3. The molecule has 0 aliphatic rings. The second-order valence-corrected chi connectivity index (χ2v) is 4.44. The van der Waals surface area contributed by atoms with Crippen LogP contribution in [0.5, 0.6) is 0 Å². The average molecular weight is 268 g/mol. The monoisotopic (exact) mass is 268 g/mol. The Hall–Kier alpha value is -1.92. The third kappa shape index (κ3) is 4.35.